The van der Waals surface area contributed by atoms with E-state index in [4.69, 9.17) is 0 Å². The first-order valence-corrected chi connectivity index (χ1v) is 10.7. The molecule has 146 valence electrons. The molecule has 2 heteroatoms. The van der Waals surface area contributed by atoms with E-state index in [1.54, 1.807) is 0 Å². The molecule has 28 heavy (non-hydrogen) atoms. The summed E-state index contributed by atoms with van der Waals surface area (Å²) in [6.45, 7) is 2.33. The number of hydrogen-bond acceptors (Lipinski definition) is 0. The second-order valence-corrected chi connectivity index (χ2v) is 8.55. The first-order chi connectivity index (χ1) is 13.6. The third kappa shape index (κ3) is 4.30. The zero-order chi connectivity index (χ0) is 19.5. The summed E-state index contributed by atoms with van der Waals surface area (Å²) in [5, 5.41) is 0. The van der Waals surface area contributed by atoms with Crippen molar-refractivity contribution in [1.82, 2.24) is 0 Å². The highest BCUT2D eigenvalue weighted by Crippen LogP contribution is 2.40. The smallest absolute Gasteiger partial charge is 0.160 e. The van der Waals surface area contributed by atoms with E-state index in [1.165, 1.54) is 62.1 Å². The van der Waals surface area contributed by atoms with Gasteiger partial charge in [0.2, 0.25) is 0 Å². The van der Waals surface area contributed by atoms with E-state index in [1.807, 2.05) is 0 Å². The molecular formula is C26H28F2. The van der Waals surface area contributed by atoms with Gasteiger partial charge in [-0.25, -0.2) is 8.78 Å². The number of hydrogen-bond donors (Lipinski definition) is 0. The molecule has 0 aromatic heterocycles. The maximum atomic E-state index is 13.3. The fourth-order valence-corrected chi connectivity index (χ4v) is 5.05. The van der Waals surface area contributed by atoms with E-state index < -0.39 is 11.6 Å². The molecular weight excluding hydrogens is 350 g/mol. The van der Waals surface area contributed by atoms with Crippen LogP contribution in [0.4, 0.5) is 8.78 Å². The number of benzene rings is 2. The predicted molar refractivity (Wildman–Crippen MR) is 110 cm³/mol. The Kier molecular flexibility index (Phi) is 5.81. The standard InChI is InChI=1S/C26H28F2/c1-2-18-5-9-21(10-6-18)23-13-12-22-15-19(7-11-24(22)17-23)3-4-20-8-14-25(27)26(28)16-20/h7-8,11,14-16,18,21,23H,2,5-6,9-10,12-13,17H2,1H3. The Balaban J connectivity index is 1.43. The summed E-state index contributed by atoms with van der Waals surface area (Å²) in [4.78, 5) is 0. The van der Waals surface area contributed by atoms with Gasteiger partial charge in [0.05, 0.1) is 0 Å². The van der Waals surface area contributed by atoms with E-state index >= 15 is 0 Å². The van der Waals surface area contributed by atoms with Crippen molar-refractivity contribution in [2.45, 2.75) is 58.3 Å². The highest BCUT2D eigenvalue weighted by Gasteiger charge is 2.29. The lowest BCUT2D eigenvalue weighted by atomic mass is 9.69. The van der Waals surface area contributed by atoms with Gasteiger partial charge in [-0.05, 0) is 91.3 Å². The summed E-state index contributed by atoms with van der Waals surface area (Å²) in [5.41, 5.74) is 4.34. The lowest BCUT2D eigenvalue weighted by Crippen LogP contribution is -2.26. The summed E-state index contributed by atoms with van der Waals surface area (Å²) in [6, 6.07) is 10.3. The van der Waals surface area contributed by atoms with Crippen LogP contribution in [0.1, 0.15) is 67.7 Å². The van der Waals surface area contributed by atoms with Gasteiger partial charge >= 0.3 is 0 Å². The first kappa shape index (κ1) is 19.2. The maximum Gasteiger partial charge on any atom is 0.160 e. The molecule has 1 unspecified atom stereocenters. The lowest BCUT2D eigenvalue weighted by molar-refractivity contribution is 0.187. The zero-order valence-electron chi connectivity index (χ0n) is 16.6. The van der Waals surface area contributed by atoms with Crippen molar-refractivity contribution in [1.29, 1.82) is 0 Å². The van der Waals surface area contributed by atoms with Crippen molar-refractivity contribution in [2.75, 3.05) is 0 Å². The van der Waals surface area contributed by atoms with Crippen LogP contribution >= 0.6 is 0 Å². The summed E-state index contributed by atoms with van der Waals surface area (Å²) in [5.74, 6) is 7.07. The van der Waals surface area contributed by atoms with Crippen LogP contribution in [-0.4, -0.2) is 0 Å². The molecule has 2 aromatic carbocycles. The molecule has 0 aliphatic heterocycles. The molecule has 0 amide bonds. The van der Waals surface area contributed by atoms with Crippen LogP contribution in [0.25, 0.3) is 0 Å². The van der Waals surface area contributed by atoms with Crippen molar-refractivity contribution >= 4 is 0 Å². The molecule has 0 N–H and O–H groups in total. The second kappa shape index (κ2) is 8.48. The topological polar surface area (TPSA) is 0 Å². The molecule has 0 bridgehead atoms. The van der Waals surface area contributed by atoms with Gasteiger partial charge in [-0.3, -0.25) is 0 Å². The molecule has 0 nitrogen and oxygen atoms in total. The van der Waals surface area contributed by atoms with Gasteiger partial charge in [0.1, 0.15) is 0 Å². The van der Waals surface area contributed by atoms with Gasteiger partial charge in [0, 0.05) is 11.1 Å². The molecule has 2 aliphatic rings. The first-order valence-electron chi connectivity index (χ1n) is 10.7. The van der Waals surface area contributed by atoms with Crippen molar-refractivity contribution < 1.29 is 8.78 Å². The van der Waals surface area contributed by atoms with E-state index in [0.717, 1.165) is 41.9 Å². The number of rotatable bonds is 2. The van der Waals surface area contributed by atoms with Gasteiger partial charge in [0.15, 0.2) is 11.6 Å². The third-order valence-corrected chi connectivity index (χ3v) is 6.88. The quantitative estimate of drug-likeness (QED) is 0.511. The molecule has 0 spiro atoms. The minimum absolute atomic E-state index is 0.499. The second-order valence-electron chi connectivity index (χ2n) is 8.55. The molecule has 0 saturated heterocycles. The molecule has 2 aliphatic carbocycles. The molecule has 4 rings (SSSR count). The predicted octanol–water partition coefficient (Wildman–Crippen LogP) is 6.69. The Bertz CT molecular complexity index is 894. The lowest BCUT2D eigenvalue weighted by Gasteiger charge is -2.36. The number of halogens is 2. The largest absolute Gasteiger partial charge is 0.204 e. The van der Waals surface area contributed by atoms with Gasteiger partial charge in [-0.15, -0.1) is 0 Å². The zero-order valence-corrected chi connectivity index (χ0v) is 16.6. The van der Waals surface area contributed by atoms with Gasteiger partial charge in [-0.1, -0.05) is 44.1 Å². The molecule has 1 atom stereocenters. The van der Waals surface area contributed by atoms with Gasteiger partial charge < -0.3 is 0 Å². The fraction of sp³-hybridized carbons (Fsp3) is 0.462. The normalized spacial score (nSPS) is 24.2. The van der Waals surface area contributed by atoms with Gasteiger partial charge in [0.25, 0.3) is 0 Å². The van der Waals surface area contributed by atoms with Crippen LogP contribution < -0.4 is 0 Å². The Hall–Kier alpha value is -2.14. The van der Waals surface area contributed by atoms with Crippen molar-refractivity contribution in [3.05, 3.63) is 70.3 Å². The highest BCUT2D eigenvalue weighted by atomic mass is 19.2. The van der Waals surface area contributed by atoms with Crippen molar-refractivity contribution in [2.24, 2.45) is 17.8 Å². The van der Waals surface area contributed by atoms with Crippen molar-refractivity contribution in [3.8, 4) is 11.8 Å². The summed E-state index contributed by atoms with van der Waals surface area (Å²) in [6.07, 6.45) is 10.6. The Morgan fingerprint density at radius 1 is 0.786 bits per heavy atom. The Labute approximate surface area is 167 Å². The average Bonchev–Trinajstić information content (AvgIpc) is 2.74. The van der Waals surface area contributed by atoms with Gasteiger partial charge in [-0.2, -0.15) is 0 Å². The maximum absolute atomic E-state index is 13.3. The van der Waals surface area contributed by atoms with Crippen LogP contribution in [0.2, 0.25) is 0 Å². The summed E-state index contributed by atoms with van der Waals surface area (Å²) >= 11 is 0. The van der Waals surface area contributed by atoms with E-state index in [0.29, 0.717) is 5.56 Å². The number of fused-ring (bicyclic) bond motifs is 1. The molecule has 0 heterocycles. The van der Waals surface area contributed by atoms with E-state index in [2.05, 4.69) is 37.0 Å². The molecule has 1 saturated carbocycles. The SMILES string of the molecule is CCC1CCC(C2CCc3cc(C#Cc4ccc(F)c(F)c4)ccc3C2)CC1. The summed E-state index contributed by atoms with van der Waals surface area (Å²) in [7, 11) is 0. The van der Waals surface area contributed by atoms with E-state index in [-0.39, 0.29) is 0 Å². The van der Waals surface area contributed by atoms with Crippen LogP contribution in [0.3, 0.4) is 0 Å². The van der Waals surface area contributed by atoms with Crippen LogP contribution in [0.5, 0.6) is 0 Å². The monoisotopic (exact) mass is 378 g/mol. The Morgan fingerprint density at radius 3 is 2.21 bits per heavy atom. The van der Waals surface area contributed by atoms with Crippen LogP contribution in [0.15, 0.2) is 36.4 Å². The number of aryl methyl sites for hydroxylation is 1. The van der Waals surface area contributed by atoms with Crippen molar-refractivity contribution in [3.63, 3.8) is 0 Å². The highest BCUT2D eigenvalue weighted by molar-refractivity contribution is 5.46. The van der Waals surface area contributed by atoms with Crippen LogP contribution in [0, 0.1) is 41.2 Å². The average molecular weight is 379 g/mol. The summed E-state index contributed by atoms with van der Waals surface area (Å²) < 4.78 is 26.3. The third-order valence-electron chi connectivity index (χ3n) is 6.88. The molecule has 2 aromatic rings. The fourth-order valence-electron chi connectivity index (χ4n) is 5.05. The van der Waals surface area contributed by atoms with E-state index in [9.17, 15) is 8.78 Å². The minimum atomic E-state index is -0.851. The minimum Gasteiger partial charge on any atom is -0.204 e. The molecule has 1 fully saturated rings. The van der Waals surface area contributed by atoms with Crippen LogP contribution in [-0.2, 0) is 12.8 Å². The molecule has 0 radical (unpaired) electrons. The Morgan fingerprint density at radius 2 is 1.50 bits per heavy atom.